The Kier molecular flexibility index (Phi) is 4.25. The Morgan fingerprint density at radius 2 is 1.07 bits per heavy atom. The highest BCUT2D eigenvalue weighted by atomic mass is 32.1. The van der Waals surface area contributed by atoms with Crippen molar-refractivity contribution in [3.05, 3.63) is 23.5 Å². The van der Waals surface area contributed by atoms with Gasteiger partial charge in [-0.05, 0) is 21.1 Å². The molecule has 8 heteroatoms. The van der Waals surface area contributed by atoms with Crippen LogP contribution < -0.4 is 9.00 Å². The molecule has 0 aliphatic rings. The third-order valence-corrected chi connectivity index (χ3v) is 14.4. The third-order valence-electron chi connectivity index (χ3n) is 4.77. The van der Waals surface area contributed by atoms with E-state index in [0.717, 1.165) is 21.8 Å². The zero-order valence-corrected chi connectivity index (χ0v) is 20.4. The second-order valence-corrected chi connectivity index (χ2v) is 22.0. The Balaban J connectivity index is 2.27. The Morgan fingerprint density at radius 3 is 1.36 bits per heavy atom. The van der Waals surface area contributed by atoms with Crippen LogP contribution in [0.2, 0.25) is 39.3 Å². The van der Waals surface area contributed by atoms with Crippen molar-refractivity contribution in [3.63, 3.8) is 0 Å². The van der Waals surface area contributed by atoms with Gasteiger partial charge < -0.3 is 0 Å². The third kappa shape index (κ3) is 2.88. The van der Waals surface area contributed by atoms with E-state index < -0.39 is 16.1 Å². The van der Waals surface area contributed by atoms with E-state index in [1.54, 1.807) is 0 Å². The number of nitriles is 2. The first-order valence-electron chi connectivity index (χ1n) is 9.06. The summed E-state index contributed by atoms with van der Waals surface area (Å²) in [6.07, 6.45) is 0. The molecule has 4 aromatic rings. The fourth-order valence-corrected chi connectivity index (χ4v) is 9.37. The normalized spacial score (nSPS) is 12.6. The Labute approximate surface area is 174 Å². The SMILES string of the molecule is C[Si](C)(C)c1cc2c3nc(C#N)c(C#N)nc3c3cc([Si](C)(C)C)sc3c2s1. The summed E-state index contributed by atoms with van der Waals surface area (Å²) in [6, 6.07) is 8.59. The molecule has 0 amide bonds. The van der Waals surface area contributed by atoms with Gasteiger partial charge in [-0.3, -0.25) is 0 Å². The minimum atomic E-state index is -1.49. The van der Waals surface area contributed by atoms with Crippen molar-refractivity contribution < 1.29 is 0 Å². The van der Waals surface area contributed by atoms with Crippen LogP contribution in [0.15, 0.2) is 12.1 Å². The van der Waals surface area contributed by atoms with Crippen LogP contribution in [0.1, 0.15) is 11.4 Å². The molecule has 140 valence electrons. The summed E-state index contributed by atoms with van der Waals surface area (Å²) in [7, 11) is -2.99. The molecule has 1 aromatic carbocycles. The molecule has 0 saturated carbocycles. The van der Waals surface area contributed by atoms with Crippen molar-refractivity contribution in [1.82, 2.24) is 9.97 Å². The first-order valence-corrected chi connectivity index (χ1v) is 17.7. The largest absolute Gasteiger partial charge is 0.232 e. The summed E-state index contributed by atoms with van der Waals surface area (Å²) in [4.78, 5) is 9.20. The molecule has 0 unspecified atom stereocenters. The maximum Gasteiger partial charge on any atom is 0.177 e. The highest BCUT2D eigenvalue weighted by Crippen LogP contribution is 2.39. The number of hydrogen-bond acceptors (Lipinski definition) is 6. The molecule has 0 bridgehead atoms. The van der Waals surface area contributed by atoms with Gasteiger partial charge in [-0.25, -0.2) is 9.97 Å². The van der Waals surface area contributed by atoms with Gasteiger partial charge >= 0.3 is 0 Å². The van der Waals surface area contributed by atoms with Gasteiger partial charge in [-0.15, -0.1) is 22.7 Å². The summed E-state index contributed by atoms with van der Waals surface area (Å²) in [5, 5.41) is 21.0. The average molecular weight is 437 g/mol. The molecule has 0 aliphatic carbocycles. The molecule has 0 spiro atoms. The summed E-state index contributed by atoms with van der Waals surface area (Å²) < 4.78 is 5.34. The van der Waals surface area contributed by atoms with Crippen molar-refractivity contribution in [2.24, 2.45) is 0 Å². The fraction of sp³-hybridized carbons (Fsp3) is 0.300. The molecule has 0 fully saturated rings. The number of fused-ring (bicyclic) bond motifs is 6. The standard InChI is InChI=1S/C20H20N4S2Si2/c1-27(2,3)15-7-11-17-18(24-14(10-22)13(9-21)23-17)12-8-16(28(4,5)6)26-20(12)19(11)25-15/h7-8H,1-6H3. The average Bonchev–Trinajstić information content (AvgIpc) is 3.24. The van der Waals surface area contributed by atoms with E-state index in [1.165, 1.54) is 18.4 Å². The van der Waals surface area contributed by atoms with Crippen LogP contribution in [0.4, 0.5) is 0 Å². The quantitative estimate of drug-likeness (QED) is 0.419. The molecule has 4 nitrogen and oxygen atoms in total. The Bertz CT molecular complexity index is 1250. The zero-order valence-electron chi connectivity index (χ0n) is 16.8. The number of aromatic nitrogens is 2. The molecular weight excluding hydrogens is 417 g/mol. The molecule has 0 radical (unpaired) electrons. The van der Waals surface area contributed by atoms with E-state index in [4.69, 9.17) is 0 Å². The van der Waals surface area contributed by atoms with E-state index in [0.29, 0.717) is 0 Å². The van der Waals surface area contributed by atoms with Gasteiger partial charge in [0.05, 0.1) is 36.6 Å². The molecule has 28 heavy (non-hydrogen) atoms. The van der Waals surface area contributed by atoms with E-state index >= 15 is 0 Å². The summed E-state index contributed by atoms with van der Waals surface area (Å²) >= 11 is 3.74. The first kappa shape index (κ1) is 19.2. The number of thiophene rings is 2. The number of hydrogen-bond donors (Lipinski definition) is 0. The van der Waals surface area contributed by atoms with Crippen LogP contribution in [-0.2, 0) is 0 Å². The lowest BCUT2D eigenvalue weighted by Crippen LogP contribution is -2.34. The van der Waals surface area contributed by atoms with Crippen molar-refractivity contribution in [2.75, 3.05) is 0 Å². The van der Waals surface area contributed by atoms with Crippen molar-refractivity contribution >= 4 is 79.0 Å². The van der Waals surface area contributed by atoms with Gasteiger partial charge in [0.1, 0.15) is 12.1 Å². The fourth-order valence-electron chi connectivity index (χ4n) is 3.18. The Morgan fingerprint density at radius 1 is 0.714 bits per heavy atom. The van der Waals surface area contributed by atoms with Gasteiger partial charge in [0.2, 0.25) is 0 Å². The maximum absolute atomic E-state index is 9.45. The van der Waals surface area contributed by atoms with E-state index in [1.807, 2.05) is 34.8 Å². The second kappa shape index (κ2) is 6.20. The predicted molar refractivity (Wildman–Crippen MR) is 126 cm³/mol. The van der Waals surface area contributed by atoms with Crippen molar-refractivity contribution in [3.8, 4) is 12.1 Å². The van der Waals surface area contributed by atoms with Crippen LogP contribution in [0.3, 0.4) is 0 Å². The van der Waals surface area contributed by atoms with E-state index in [9.17, 15) is 10.5 Å². The highest BCUT2D eigenvalue weighted by Gasteiger charge is 2.26. The van der Waals surface area contributed by atoms with Crippen LogP contribution >= 0.6 is 22.7 Å². The topological polar surface area (TPSA) is 73.4 Å². The smallest absolute Gasteiger partial charge is 0.177 e. The van der Waals surface area contributed by atoms with Gasteiger partial charge in [0, 0.05) is 10.8 Å². The van der Waals surface area contributed by atoms with Crippen LogP contribution in [-0.4, -0.2) is 26.1 Å². The van der Waals surface area contributed by atoms with Gasteiger partial charge in [-0.1, -0.05) is 39.3 Å². The van der Waals surface area contributed by atoms with Gasteiger partial charge in [0.25, 0.3) is 0 Å². The molecule has 0 atom stereocenters. The molecule has 3 heterocycles. The summed E-state index contributed by atoms with van der Waals surface area (Å²) in [5.74, 6) is 0. The Hall–Kier alpha value is -2.11. The number of benzene rings is 1. The molecule has 0 saturated heterocycles. The van der Waals surface area contributed by atoms with E-state index in [-0.39, 0.29) is 11.4 Å². The van der Waals surface area contributed by atoms with Gasteiger partial charge in [0.15, 0.2) is 11.4 Å². The predicted octanol–water partition coefficient (Wildman–Crippen LogP) is 4.89. The summed E-state index contributed by atoms with van der Waals surface area (Å²) in [6.45, 7) is 14.1. The second-order valence-electron chi connectivity index (χ2n) is 9.05. The minimum Gasteiger partial charge on any atom is -0.232 e. The van der Waals surface area contributed by atoms with Crippen LogP contribution in [0, 0.1) is 22.7 Å². The molecule has 0 aliphatic heterocycles. The molecule has 3 aromatic heterocycles. The number of rotatable bonds is 2. The monoisotopic (exact) mass is 436 g/mol. The molecule has 0 N–H and O–H groups in total. The van der Waals surface area contributed by atoms with Crippen LogP contribution in [0.5, 0.6) is 0 Å². The minimum absolute atomic E-state index is 0.108. The van der Waals surface area contributed by atoms with Crippen molar-refractivity contribution in [1.29, 1.82) is 10.5 Å². The zero-order chi connectivity index (χ0) is 20.4. The summed E-state index contributed by atoms with van der Waals surface area (Å²) in [5.41, 5.74) is 1.71. The first-order chi connectivity index (χ1) is 13.0. The molecule has 4 rings (SSSR count). The van der Waals surface area contributed by atoms with E-state index in [2.05, 4.69) is 61.4 Å². The number of nitrogens with zero attached hydrogens (tertiary/aromatic N) is 4. The van der Waals surface area contributed by atoms with Crippen LogP contribution in [0.25, 0.3) is 31.2 Å². The highest BCUT2D eigenvalue weighted by molar-refractivity contribution is 7.37. The van der Waals surface area contributed by atoms with Gasteiger partial charge in [-0.2, -0.15) is 10.5 Å². The lowest BCUT2D eigenvalue weighted by Gasteiger charge is -2.12. The maximum atomic E-state index is 9.45. The lowest BCUT2D eigenvalue weighted by molar-refractivity contribution is 1.21. The lowest BCUT2D eigenvalue weighted by atomic mass is 10.1. The molecular formula is C20H20N4S2Si2. The van der Waals surface area contributed by atoms with Crippen molar-refractivity contribution in [2.45, 2.75) is 39.3 Å².